The first-order valence-electron chi connectivity index (χ1n) is 5.95. The third-order valence-corrected chi connectivity index (χ3v) is 3.35. The highest BCUT2D eigenvalue weighted by atomic mass is 32.2. The highest BCUT2D eigenvalue weighted by Crippen LogP contribution is 2.18. The molecule has 0 saturated carbocycles. The van der Waals surface area contributed by atoms with Crippen LogP contribution in [-0.2, 0) is 5.75 Å². The van der Waals surface area contributed by atoms with Crippen molar-refractivity contribution < 1.29 is 0 Å². The van der Waals surface area contributed by atoms with Gasteiger partial charge in [0.15, 0.2) is 5.16 Å². The average Bonchev–Trinajstić information content (AvgIpc) is 2.43. The van der Waals surface area contributed by atoms with Gasteiger partial charge in [-0.15, -0.1) is 0 Å². The van der Waals surface area contributed by atoms with Crippen LogP contribution in [-0.4, -0.2) is 16.5 Å². The van der Waals surface area contributed by atoms with Crippen molar-refractivity contribution >= 4 is 17.6 Å². The van der Waals surface area contributed by atoms with Gasteiger partial charge in [-0.25, -0.2) is 4.98 Å². The van der Waals surface area contributed by atoms with Gasteiger partial charge < -0.3 is 16.5 Å². The molecule has 0 radical (unpaired) electrons. The first-order chi connectivity index (χ1) is 9.67. The number of aromatic amines is 1. The van der Waals surface area contributed by atoms with Crippen molar-refractivity contribution in [3.8, 4) is 11.8 Å². The van der Waals surface area contributed by atoms with E-state index in [1.165, 1.54) is 17.8 Å². The number of aromatic nitrogens is 2. The summed E-state index contributed by atoms with van der Waals surface area (Å²) in [6.07, 6.45) is 0. The highest BCUT2D eigenvalue weighted by molar-refractivity contribution is 7.98. The van der Waals surface area contributed by atoms with E-state index >= 15 is 0 Å². The van der Waals surface area contributed by atoms with E-state index in [2.05, 4.69) is 21.8 Å². The second-order valence-corrected chi connectivity index (χ2v) is 4.93. The maximum atomic E-state index is 11.3. The summed E-state index contributed by atoms with van der Waals surface area (Å²) in [5, 5.41) is 0.516. The van der Waals surface area contributed by atoms with Crippen LogP contribution in [0.5, 0.6) is 0 Å². The summed E-state index contributed by atoms with van der Waals surface area (Å²) >= 11 is 1.42. The fraction of sp³-hybridized carbons (Fsp3) is 0.143. The van der Waals surface area contributed by atoms with Crippen molar-refractivity contribution in [3.63, 3.8) is 0 Å². The minimum Gasteiger partial charge on any atom is -0.383 e. The second kappa shape index (κ2) is 6.80. The quantitative estimate of drug-likeness (QED) is 0.443. The summed E-state index contributed by atoms with van der Waals surface area (Å²) in [5.74, 6) is 6.68. The third-order valence-electron chi connectivity index (χ3n) is 2.40. The van der Waals surface area contributed by atoms with E-state index in [0.717, 1.165) is 11.1 Å². The van der Waals surface area contributed by atoms with Crippen molar-refractivity contribution in [1.29, 1.82) is 0 Å². The predicted octanol–water partition coefficient (Wildman–Crippen LogP) is 0.955. The first-order valence-corrected chi connectivity index (χ1v) is 6.93. The molecule has 0 fully saturated rings. The number of hydrogen-bond donors (Lipinski definition) is 3. The Bertz CT molecular complexity index is 698. The van der Waals surface area contributed by atoms with Gasteiger partial charge in [-0.1, -0.05) is 35.7 Å². The Kier molecular flexibility index (Phi) is 4.82. The van der Waals surface area contributed by atoms with Crippen LogP contribution in [0, 0.1) is 11.8 Å². The second-order valence-electron chi connectivity index (χ2n) is 3.97. The van der Waals surface area contributed by atoms with Crippen LogP contribution < -0.4 is 17.0 Å². The lowest BCUT2D eigenvalue weighted by atomic mass is 10.1. The minimum absolute atomic E-state index is 0.226. The lowest BCUT2D eigenvalue weighted by Crippen LogP contribution is -2.09. The number of nitrogens with two attached hydrogens (primary N) is 2. The Hall–Kier alpha value is -2.23. The Morgan fingerprint density at radius 1 is 1.30 bits per heavy atom. The number of hydrogen-bond acceptors (Lipinski definition) is 5. The SMILES string of the molecule is NCC#Cc1ccc(CSc2nc(N)cc(=O)[nH]2)cc1. The molecule has 0 unspecified atom stereocenters. The number of benzene rings is 1. The Morgan fingerprint density at radius 2 is 2.05 bits per heavy atom. The normalized spacial score (nSPS) is 9.85. The van der Waals surface area contributed by atoms with Crippen molar-refractivity contribution in [2.24, 2.45) is 5.73 Å². The van der Waals surface area contributed by atoms with E-state index in [4.69, 9.17) is 11.5 Å². The number of nitrogens with one attached hydrogen (secondary N) is 1. The zero-order chi connectivity index (χ0) is 14.4. The highest BCUT2D eigenvalue weighted by Gasteiger charge is 2.01. The molecule has 102 valence electrons. The molecule has 0 aliphatic carbocycles. The van der Waals surface area contributed by atoms with Crippen LogP contribution in [0.15, 0.2) is 40.3 Å². The van der Waals surface area contributed by atoms with Crippen LogP contribution in [0.2, 0.25) is 0 Å². The lowest BCUT2D eigenvalue weighted by Gasteiger charge is -2.02. The van der Waals surface area contributed by atoms with Crippen LogP contribution >= 0.6 is 11.8 Å². The fourth-order valence-corrected chi connectivity index (χ4v) is 2.35. The number of rotatable bonds is 3. The van der Waals surface area contributed by atoms with Crippen molar-refractivity contribution in [2.45, 2.75) is 10.9 Å². The van der Waals surface area contributed by atoms with Crippen LogP contribution in [0.3, 0.4) is 0 Å². The molecule has 1 heterocycles. The fourth-order valence-electron chi connectivity index (χ4n) is 1.51. The zero-order valence-corrected chi connectivity index (χ0v) is 11.5. The summed E-state index contributed by atoms with van der Waals surface area (Å²) in [5.41, 5.74) is 12.6. The van der Waals surface area contributed by atoms with Crippen LogP contribution in [0.1, 0.15) is 11.1 Å². The van der Waals surface area contributed by atoms with Gasteiger partial charge >= 0.3 is 0 Å². The number of thioether (sulfide) groups is 1. The maximum absolute atomic E-state index is 11.3. The summed E-state index contributed by atoms with van der Waals surface area (Å²) in [6, 6.07) is 9.10. The molecule has 5 N–H and O–H groups in total. The molecule has 0 aliphatic rings. The molecule has 0 atom stereocenters. The predicted molar refractivity (Wildman–Crippen MR) is 81.2 cm³/mol. The number of nitrogens with zero attached hydrogens (tertiary/aromatic N) is 1. The largest absolute Gasteiger partial charge is 0.383 e. The first kappa shape index (κ1) is 14.2. The lowest BCUT2D eigenvalue weighted by molar-refractivity contribution is 0.945. The van der Waals surface area contributed by atoms with E-state index < -0.39 is 0 Å². The molecule has 0 bridgehead atoms. The molecular formula is C14H14N4OS. The molecule has 20 heavy (non-hydrogen) atoms. The standard InChI is InChI=1S/C14H14N4OS/c15-7-1-2-10-3-5-11(6-4-10)9-20-14-17-12(16)8-13(19)18-14/h3-6,8H,7,9,15H2,(H3,16,17,18,19). The monoisotopic (exact) mass is 286 g/mol. The molecule has 2 aromatic rings. The van der Waals surface area contributed by atoms with Gasteiger partial charge in [-0.05, 0) is 17.7 Å². The summed E-state index contributed by atoms with van der Waals surface area (Å²) in [6.45, 7) is 0.353. The van der Waals surface area contributed by atoms with E-state index in [-0.39, 0.29) is 11.4 Å². The molecule has 6 heteroatoms. The molecule has 0 aliphatic heterocycles. The Labute approximate surface area is 120 Å². The van der Waals surface area contributed by atoms with Crippen LogP contribution in [0.4, 0.5) is 5.82 Å². The van der Waals surface area contributed by atoms with Crippen molar-refractivity contribution in [1.82, 2.24) is 9.97 Å². The average molecular weight is 286 g/mol. The van der Waals surface area contributed by atoms with E-state index in [1.807, 2.05) is 24.3 Å². The van der Waals surface area contributed by atoms with Crippen molar-refractivity contribution in [3.05, 3.63) is 51.8 Å². The van der Waals surface area contributed by atoms with Gasteiger partial charge in [0, 0.05) is 17.4 Å². The molecule has 1 aromatic carbocycles. The summed E-state index contributed by atoms with van der Waals surface area (Å²) in [4.78, 5) is 17.9. The Morgan fingerprint density at radius 3 is 2.70 bits per heavy atom. The van der Waals surface area contributed by atoms with E-state index in [9.17, 15) is 4.79 Å². The molecule has 1 aromatic heterocycles. The van der Waals surface area contributed by atoms with Crippen LogP contribution in [0.25, 0.3) is 0 Å². The smallest absolute Gasteiger partial charge is 0.253 e. The molecule has 2 rings (SSSR count). The molecular weight excluding hydrogens is 272 g/mol. The number of nitrogen functional groups attached to an aromatic ring is 1. The van der Waals surface area contributed by atoms with Crippen molar-refractivity contribution in [2.75, 3.05) is 12.3 Å². The zero-order valence-electron chi connectivity index (χ0n) is 10.7. The molecule has 5 nitrogen and oxygen atoms in total. The van der Waals surface area contributed by atoms with Gasteiger partial charge in [-0.2, -0.15) is 0 Å². The molecule has 0 saturated heterocycles. The minimum atomic E-state index is -0.243. The van der Waals surface area contributed by atoms with E-state index in [1.54, 1.807) is 0 Å². The summed E-state index contributed by atoms with van der Waals surface area (Å²) in [7, 11) is 0. The third kappa shape index (κ3) is 4.16. The summed E-state index contributed by atoms with van der Waals surface area (Å²) < 4.78 is 0. The van der Waals surface area contributed by atoms with E-state index in [0.29, 0.717) is 17.5 Å². The maximum Gasteiger partial charge on any atom is 0.253 e. The topological polar surface area (TPSA) is 97.8 Å². The van der Waals surface area contributed by atoms with Gasteiger partial charge in [0.1, 0.15) is 5.82 Å². The molecule has 0 spiro atoms. The number of anilines is 1. The van der Waals surface area contributed by atoms with Gasteiger partial charge in [-0.3, -0.25) is 4.79 Å². The molecule has 0 amide bonds. The van der Waals surface area contributed by atoms with Gasteiger partial charge in [0.2, 0.25) is 0 Å². The Balaban J connectivity index is 2.02. The van der Waals surface area contributed by atoms with Gasteiger partial charge in [0.25, 0.3) is 5.56 Å². The van der Waals surface area contributed by atoms with Gasteiger partial charge in [0.05, 0.1) is 6.54 Å². The number of H-pyrrole nitrogens is 1.